The molecule has 1 atom stereocenters. The highest BCUT2D eigenvalue weighted by Crippen LogP contribution is 2.33. The van der Waals surface area contributed by atoms with Crippen molar-refractivity contribution in [2.45, 2.75) is 13.3 Å². The topological polar surface area (TPSA) is 102 Å². The average molecular weight is 307 g/mol. The van der Waals surface area contributed by atoms with Crippen molar-refractivity contribution < 1.29 is 19.2 Å². The average Bonchev–Trinajstić information content (AvgIpc) is 2.73. The zero-order valence-electron chi connectivity index (χ0n) is 12.4. The van der Waals surface area contributed by atoms with Gasteiger partial charge in [-0.25, -0.2) is 0 Å². The number of amides is 2. The molecule has 0 spiro atoms. The monoisotopic (exact) mass is 307 g/mol. The first kappa shape index (κ1) is 15.9. The van der Waals surface area contributed by atoms with Gasteiger partial charge in [-0.05, 0) is 12.1 Å². The highest BCUT2D eigenvalue weighted by atomic mass is 16.6. The van der Waals surface area contributed by atoms with E-state index in [4.69, 9.17) is 4.74 Å². The normalized spacial score (nSPS) is 17.9. The summed E-state index contributed by atoms with van der Waals surface area (Å²) in [4.78, 5) is 35.5. The van der Waals surface area contributed by atoms with Crippen LogP contribution < -0.4 is 10.2 Å². The van der Waals surface area contributed by atoms with Gasteiger partial charge in [0.1, 0.15) is 5.69 Å². The number of nitro groups is 1. The molecule has 8 heteroatoms. The Morgan fingerprint density at radius 1 is 1.45 bits per heavy atom. The summed E-state index contributed by atoms with van der Waals surface area (Å²) in [5.74, 6) is -1.07. The number of hydrogen-bond acceptors (Lipinski definition) is 6. The van der Waals surface area contributed by atoms with Crippen LogP contribution in [0.25, 0.3) is 0 Å². The van der Waals surface area contributed by atoms with E-state index >= 15 is 0 Å². The van der Waals surface area contributed by atoms with Crippen LogP contribution in [-0.4, -0.2) is 37.0 Å². The number of nitro benzene ring substituents is 1. The number of hydrogen-bond donors (Lipinski definition) is 1. The third-order valence-electron chi connectivity index (χ3n) is 3.43. The lowest BCUT2D eigenvalue weighted by atomic mass is 10.1. The molecular weight excluding hydrogens is 290 g/mol. The molecule has 1 saturated heterocycles. The van der Waals surface area contributed by atoms with Crippen molar-refractivity contribution in [3.63, 3.8) is 0 Å². The van der Waals surface area contributed by atoms with Crippen molar-refractivity contribution in [1.29, 1.82) is 0 Å². The SMILES string of the molecule is COCCNc1ccc(N2C(=O)C[C@H](C)C2=O)cc1[N+](=O)[O-]. The van der Waals surface area contributed by atoms with Crippen LogP contribution in [-0.2, 0) is 14.3 Å². The predicted molar refractivity (Wildman–Crippen MR) is 79.7 cm³/mol. The molecular formula is C14H17N3O5. The summed E-state index contributed by atoms with van der Waals surface area (Å²) < 4.78 is 4.88. The number of ether oxygens (including phenoxy) is 1. The number of carbonyl (C=O) groups is 2. The molecule has 0 unspecified atom stereocenters. The van der Waals surface area contributed by atoms with E-state index in [-0.39, 0.29) is 29.6 Å². The summed E-state index contributed by atoms with van der Waals surface area (Å²) in [5.41, 5.74) is 0.357. The molecule has 1 heterocycles. The molecule has 2 amide bonds. The maximum atomic E-state index is 12.0. The number of carbonyl (C=O) groups excluding carboxylic acids is 2. The van der Waals surface area contributed by atoms with Crippen LogP contribution in [0.2, 0.25) is 0 Å². The molecule has 1 aromatic rings. The van der Waals surface area contributed by atoms with E-state index in [0.717, 1.165) is 4.90 Å². The molecule has 1 aliphatic rings. The number of imide groups is 1. The van der Waals surface area contributed by atoms with E-state index in [9.17, 15) is 19.7 Å². The maximum absolute atomic E-state index is 12.0. The van der Waals surface area contributed by atoms with Gasteiger partial charge < -0.3 is 10.1 Å². The van der Waals surface area contributed by atoms with Gasteiger partial charge in [0.2, 0.25) is 11.8 Å². The lowest BCUT2D eigenvalue weighted by molar-refractivity contribution is -0.383. The molecule has 22 heavy (non-hydrogen) atoms. The van der Waals surface area contributed by atoms with Gasteiger partial charge in [-0.2, -0.15) is 0 Å². The first-order valence-corrected chi connectivity index (χ1v) is 6.83. The third-order valence-corrected chi connectivity index (χ3v) is 3.43. The van der Waals surface area contributed by atoms with Gasteiger partial charge in [0.15, 0.2) is 0 Å². The van der Waals surface area contributed by atoms with Crippen molar-refractivity contribution in [2.24, 2.45) is 5.92 Å². The van der Waals surface area contributed by atoms with E-state index < -0.39 is 10.8 Å². The molecule has 1 fully saturated rings. The minimum absolute atomic E-state index is 0.125. The van der Waals surface area contributed by atoms with Crippen molar-refractivity contribution in [2.75, 3.05) is 30.5 Å². The number of rotatable bonds is 6. The molecule has 0 saturated carbocycles. The predicted octanol–water partition coefficient (Wildman–Crippen LogP) is 1.55. The lowest BCUT2D eigenvalue weighted by Crippen LogP contribution is -2.30. The zero-order chi connectivity index (χ0) is 16.3. The summed E-state index contributed by atoms with van der Waals surface area (Å²) in [6.07, 6.45) is 0.125. The summed E-state index contributed by atoms with van der Waals surface area (Å²) in [6.45, 7) is 2.48. The van der Waals surface area contributed by atoms with Crippen molar-refractivity contribution in [3.8, 4) is 0 Å². The second-order valence-corrected chi connectivity index (χ2v) is 5.05. The first-order chi connectivity index (χ1) is 10.5. The summed E-state index contributed by atoms with van der Waals surface area (Å²) in [5, 5.41) is 14.1. The molecule has 0 aliphatic carbocycles. The van der Waals surface area contributed by atoms with Gasteiger partial charge in [0, 0.05) is 32.1 Å². The largest absolute Gasteiger partial charge is 0.383 e. The van der Waals surface area contributed by atoms with Crippen LogP contribution >= 0.6 is 0 Å². The number of anilines is 2. The fraction of sp³-hybridized carbons (Fsp3) is 0.429. The second-order valence-electron chi connectivity index (χ2n) is 5.05. The quantitative estimate of drug-likeness (QED) is 0.370. The van der Waals surface area contributed by atoms with Crippen LogP contribution in [0.15, 0.2) is 18.2 Å². The number of nitrogens with zero attached hydrogens (tertiary/aromatic N) is 2. The van der Waals surface area contributed by atoms with Crippen LogP contribution in [0.1, 0.15) is 13.3 Å². The van der Waals surface area contributed by atoms with Crippen molar-refractivity contribution in [1.82, 2.24) is 0 Å². The van der Waals surface area contributed by atoms with Gasteiger partial charge in [-0.1, -0.05) is 6.92 Å². The van der Waals surface area contributed by atoms with Crippen LogP contribution in [0.3, 0.4) is 0 Å². The van der Waals surface area contributed by atoms with Gasteiger partial charge in [-0.15, -0.1) is 0 Å². The van der Waals surface area contributed by atoms with Gasteiger partial charge in [-0.3, -0.25) is 24.6 Å². The van der Waals surface area contributed by atoms with Gasteiger partial charge in [0.25, 0.3) is 5.69 Å². The van der Waals surface area contributed by atoms with Crippen LogP contribution in [0.4, 0.5) is 17.1 Å². The molecule has 118 valence electrons. The Morgan fingerprint density at radius 3 is 2.73 bits per heavy atom. The summed E-state index contributed by atoms with van der Waals surface area (Å²) in [7, 11) is 1.53. The minimum Gasteiger partial charge on any atom is -0.383 e. The zero-order valence-corrected chi connectivity index (χ0v) is 12.4. The molecule has 2 rings (SSSR count). The minimum atomic E-state index is -0.549. The number of methoxy groups -OCH3 is 1. The lowest BCUT2D eigenvalue weighted by Gasteiger charge is -2.15. The first-order valence-electron chi connectivity index (χ1n) is 6.83. The highest BCUT2D eigenvalue weighted by molar-refractivity contribution is 6.21. The van der Waals surface area contributed by atoms with E-state index in [0.29, 0.717) is 18.8 Å². The summed E-state index contributed by atoms with van der Waals surface area (Å²) >= 11 is 0. The molecule has 8 nitrogen and oxygen atoms in total. The fourth-order valence-electron chi connectivity index (χ4n) is 2.30. The van der Waals surface area contributed by atoms with Crippen LogP contribution in [0.5, 0.6) is 0 Å². The highest BCUT2D eigenvalue weighted by Gasteiger charge is 2.37. The fourth-order valence-corrected chi connectivity index (χ4v) is 2.30. The Labute approximate surface area is 127 Å². The Morgan fingerprint density at radius 2 is 2.18 bits per heavy atom. The molecule has 1 aromatic carbocycles. The van der Waals surface area contributed by atoms with Gasteiger partial charge >= 0.3 is 0 Å². The standard InChI is InChI=1S/C14H17N3O5/c1-9-7-13(18)16(14(9)19)10-3-4-11(15-5-6-22-2)12(8-10)17(20)21/h3-4,8-9,15H,5-7H2,1-2H3/t9-/m0/s1. The van der Waals surface area contributed by atoms with Crippen molar-refractivity contribution >= 4 is 28.9 Å². The Bertz CT molecular complexity index is 616. The number of nitrogens with one attached hydrogen (secondary N) is 1. The Kier molecular flexibility index (Phi) is 4.71. The Hall–Kier alpha value is -2.48. The van der Waals surface area contributed by atoms with Crippen molar-refractivity contribution in [3.05, 3.63) is 28.3 Å². The third kappa shape index (κ3) is 3.06. The van der Waals surface area contributed by atoms with Gasteiger partial charge in [0.05, 0.1) is 17.2 Å². The molecule has 1 N–H and O–H groups in total. The number of benzene rings is 1. The molecule has 0 bridgehead atoms. The Balaban J connectivity index is 2.31. The molecule has 0 radical (unpaired) electrons. The molecule has 0 aromatic heterocycles. The second kappa shape index (κ2) is 6.52. The molecule has 1 aliphatic heterocycles. The summed E-state index contributed by atoms with van der Waals surface area (Å²) in [6, 6.07) is 4.26. The maximum Gasteiger partial charge on any atom is 0.294 e. The smallest absolute Gasteiger partial charge is 0.294 e. The van der Waals surface area contributed by atoms with E-state index in [1.807, 2.05) is 0 Å². The van der Waals surface area contributed by atoms with E-state index in [2.05, 4.69) is 5.32 Å². The van der Waals surface area contributed by atoms with E-state index in [1.165, 1.54) is 25.3 Å². The van der Waals surface area contributed by atoms with Crippen LogP contribution in [0, 0.1) is 16.0 Å². The van der Waals surface area contributed by atoms with E-state index in [1.54, 1.807) is 6.92 Å².